The van der Waals surface area contributed by atoms with Crippen LogP contribution in [0.4, 0.5) is 14.5 Å². The van der Waals surface area contributed by atoms with Crippen molar-refractivity contribution >= 4 is 11.7 Å². The van der Waals surface area contributed by atoms with Gasteiger partial charge in [-0.25, -0.2) is 13.6 Å². The van der Waals surface area contributed by atoms with Gasteiger partial charge in [-0.2, -0.15) is 0 Å². The van der Waals surface area contributed by atoms with E-state index in [4.69, 9.17) is 4.74 Å². The molecule has 2 aliphatic rings. The monoisotopic (exact) mass is 295 g/mol. The fourth-order valence-corrected chi connectivity index (χ4v) is 3.43. The van der Waals surface area contributed by atoms with Gasteiger partial charge in [0, 0.05) is 18.5 Å². The Balaban J connectivity index is 1.85. The average Bonchev–Trinajstić information content (AvgIpc) is 3.21. The van der Waals surface area contributed by atoms with Gasteiger partial charge in [0.1, 0.15) is 0 Å². The van der Waals surface area contributed by atoms with Crippen molar-refractivity contribution in [2.75, 3.05) is 25.1 Å². The molecule has 114 valence electrons. The molecule has 1 saturated carbocycles. The van der Waals surface area contributed by atoms with Gasteiger partial charge in [-0.3, -0.25) is 0 Å². The molecule has 2 unspecified atom stereocenters. The summed E-state index contributed by atoms with van der Waals surface area (Å²) in [6, 6.07) is 5.54. The summed E-state index contributed by atoms with van der Waals surface area (Å²) in [7, 11) is 1.35. The second-order valence-electron chi connectivity index (χ2n) is 6.14. The van der Waals surface area contributed by atoms with Crippen LogP contribution in [0.3, 0.4) is 0 Å². The number of rotatable bonds is 3. The Labute approximate surface area is 122 Å². The first-order valence-electron chi connectivity index (χ1n) is 7.20. The Morgan fingerprint density at radius 1 is 1.48 bits per heavy atom. The molecule has 1 saturated heterocycles. The Hall–Kier alpha value is -1.65. The number of alkyl halides is 2. The van der Waals surface area contributed by atoms with Crippen molar-refractivity contribution in [3.05, 3.63) is 29.3 Å². The first kappa shape index (κ1) is 14.3. The molecule has 3 nitrogen and oxygen atoms in total. The molecule has 2 atom stereocenters. The Morgan fingerprint density at radius 3 is 2.86 bits per heavy atom. The van der Waals surface area contributed by atoms with Crippen LogP contribution in [-0.4, -0.2) is 32.6 Å². The zero-order chi connectivity index (χ0) is 15.2. The fraction of sp³-hybridized carbons (Fsp3) is 0.562. The molecule has 1 heterocycles. The third kappa shape index (κ3) is 2.28. The summed E-state index contributed by atoms with van der Waals surface area (Å²) in [5, 5.41) is 0. The summed E-state index contributed by atoms with van der Waals surface area (Å²) in [6.07, 6.45) is -1.15. The predicted octanol–water partition coefficient (Wildman–Crippen LogP) is 3.26. The molecule has 1 aliphatic heterocycles. The van der Waals surface area contributed by atoms with E-state index in [0.717, 1.165) is 11.3 Å². The van der Waals surface area contributed by atoms with E-state index in [-0.39, 0.29) is 11.9 Å². The van der Waals surface area contributed by atoms with Gasteiger partial charge in [-0.05, 0) is 43.4 Å². The molecule has 21 heavy (non-hydrogen) atoms. The van der Waals surface area contributed by atoms with E-state index in [1.54, 1.807) is 6.07 Å². The normalized spacial score (nSPS) is 27.5. The lowest BCUT2D eigenvalue weighted by Gasteiger charge is -2.34. The van der Waals surface area contributed by atoms with Crippen LogP contribution in [0.15, 0.2) is 18.2 Å². The molecular formula is C16H19F2NO2. The third-order valence-electron chi connectivity index (χ3n) is 4.90. The summed E-state index contributed by atoms with van der Waals surface area (Å²) in [4.78, 5) is 13.9. The van der Waals surface area contributed by atoms with Crippen LogP contribution >= 0.6 is 0 Å². The predicted molar refractivity (Wildman–Crippen MR) is 75.9 cm³/mol. The zero-order valence-corrected chi connectivity index (χ0v) is 12.2. The molecule has 0 spiro atoms. The molecule has 0 bridgehead atoms. The number of esters is 1. The van der Waals surface area contributed by atoms with Crippen LogP contribution in [0.1, 0.15) is 28.8 Å². The van der Waals surface area contributed by atoms with Gasteiger partial charge >= 0.3 is 5.97 Å². The second-order valence-corrected chi connectivity index (χ2v) is 6.14. The highest BCUT2D eigenvalue weighted by atomic mass is 19.3. The van der Waals surface area contributed by atoms with Crippen LogP contribution in [0.2, 0.25) is 0 Å². The lowest BCUT2D eigenvalue weighted by Crippen LogP contribution is -2.38. The second kappa shape index (κ2) is 4.97. The van der Waals surface area contributed by atoms with Gasteiger partial charge in [-0.1, -0.05) is 6.07 Å². The first-order valence-corrected chi connectivity index (χ1v) is 7.20. The van der Waals surface area contributed by atoms with Crippen molar-refractivity contribution in [2.45, 2.75) is 26.2 Å². The van der Waals surface area contributed by atoms with Gasteiger partial charge in [0.05, 0.1) is 18.4 Å². The molecule has 3 rings (SSSR count). The SMILES string of the molecule is COC(=O)c1ccc(C)cc1N1CCC2(C(F)F)CC2C1. The van der Waals surface area contributed by atoms with Crippen molar-refractivity contribution in [1.29, 1.82) is 0 Å². The maximum atomic E-state index is 13.1. The van der Waals surface area contributed by atoms with Crippen LogP contribution in [0.25, 0.3) is 0 Å². The largest absolute Gasteiger partial charge is 0.465 e. The number of carbonyl (C=O) groups excluding carboxylic acids is 1. The fourth-order valence-electron chi connectivity index (χ4n) is 3.43. The lowest BCUT2D eigenvalue weighted by molar-refractivity contribution is 0.0426. The zero-order valence-electron chi connectivity index (χ0n) is 12.2. The third-order valence-corrected chi connectivity index (χ3v) is 4.90. The van der Waals surface area contributed by atoms with Gasteiger partial charge in [-0.15, -0.1) is 0 Å². The average molecular weight is 295 g/mol. The van der Waals surface area contributed by atoms with E-state index in [0.29, 0.717) is 31.5 Å². The number of fused-ring (bicyclic) bond motifs is 1. The Kier molecular flexibility index (Phi) is 3.38. The number of hydrogen-bond acceptors (Lipinski definition) is 3. The number of aryl methyl sites for hydroxylation is 1. The minimum absolute atomic E-state index is 0.0391. The number of benzene rings is 1. The van der Waals surface area contributed by atoms with E-state index in [1.807, 2.05) is 19.1 Å². The maximum absolute atomic E-state index is 13.1. The molecule has 5 heteroatoms. The summed E-state index contributed by atoms with van der Waals surface area (Å²) in [5.74, 6) is -0.344. The van der Waals surface area contributed by atoms with Crippen LogP contribution in [-0.2, 0) is 4.74 Å². The number of methoxy groups -OCH3 is 1. The van der Waals surface area contributed by atoms with E-state index in [2.05, 4.69) is 4.90 Å². The summed E-state index contributed by atoms with van der Waals surface area (Å²) in [5.41, 5.74) is 1.59. The van der Waals surface area contributed by atoms with Gasteiger partial charge in [0.25, 0.3) is 0 Å². The summed E-state index contributed by atoms with van der Waals surface area (Å²) < 4.78 is 31.0. The van der Waals surface area contributed by atoms with E-state index in [9.17, 15) is 13.6 Å². The van der Waals surface area contributed by atoms with Crippen molar-refractivity contribution < 1.29 is 18.3 Å². The van der Waals surface area contributed by atoms with Crippen molar-refractivity contribution in [3.8, 4) is 0 Å². The van der Waals surface area contributed by atoms with Crippen molar-refractivity contribution in [3.63, 3.8) is 0 Å². The Morgan fingerprint density at radius 2 is 2.24 bits per heavy atom. The van der Waals surface area contributed by atoms with Crippen LogP contribution < -0.4 is 4.90 Å². The minimum Gasteiger partial charge on any atom is -0.465 e. The first-order chi connectivity index (χ1) is 9.98. The number of piperidine rings is 1. The van der Waals surface area contributed by atoms with Gasteiger partial charge in [0.15, 0.2) is 0 Å². The summed E-state index contributed by atoms with van der Waals surface area (Å²) in [6.45, 7) is 3.11. The standard InChI is InChI=1S/C16H19F2NO2/c1-10-3-4-12(14(20)21-2)13(7-10)19-6-5-16(15(17)18)8-11(16)9-19/h3-4,7,11,15H,5-6,8-9H2,1-2H3. The molecule has 1 aromatic carbocycles. The Bertz CT molecular complexity index is 575. The maximum Gasteiger partial charge on any atom is 0.339 e. The molecule has 0 radical (unpaired) electrons. The van der Waals surface area contributed by atoms with Gasteiger partial charge in [0.2, 0.25) is 6.43 Å². The molecule has 0 N–H and O–H groups in total. The smallest absolute Gasteiger partial charge is 0.339 e. The van der Waals surface area contributed by atoms with Crippen molar-refractivity contribution in [1.82, 2.24) is 0 Å². The number of ether oxygens (including phenoxy) is 1. The minimum atomic E-state index is -2.23. The lowest BCUT2D eigenvalue weighted by atomic mass is 9.94. The molecular weight excluding hydrogens is 276 g/mol. The number of halogens is 2. The molecule has 1 aromatic rings. The molecule has 0 amide bonds. The topological polar surface area (TPSA) is 29.5 Å². The highest BCUT2D eigenvalue weighted by Gasteiger charge is 2.62. The quantitative estimate of drug-likeness (QED) is 0.802. The van der Waals surface area contributed by atoms with E-state index < -0.39 is 11.8 Å². The van der Waals surface area contributed by atoms with Crippen LogP contribution in [0.5, 0.6) is 0 Å². The van der Waals surface area contributed by atoms with Crippen molar-refractivity contribution in [2.24, 2.45) is 11.3 Å². The highest BCUT2D eigenvalue weighted by Crippen LogP contribution is 2.61. The number of anilines is 1. The van der Waals surface area contributed by atoms with E-state index in [1.165, 1.54) is 7.11 Å². The molecule has 0 aromatic heterocycles. The summed E-state index contributed by atoms with van der Waals surface area (Å²) >= 11 is 0. The van der Waals surface area contributed by atoms with Gasteiger partial charge < -0.3 is 9.64 Å². The molecule has 2 fully saturated rings. The molecule has 1 aliphatic carbocycles. The number of carbonyl (C=O) groups is 1. The van der Waals surface area contributed by atoms with Crippen LogP contribution in [0, 0.1) is 18.3 Å². The number of hydrogen-bond donors (Lipinski definition) is 0. The van der Waals surface area contributed by atoms with E-state index >= 15 is 0 Å². The number of nitrogens with zero attached hydrogens (tertiary/aromatic N) is 1. The highest BCUT2D eigenvalue weighted by molar-refractivity contribution is 5.96.